The molecule has 0 aliphatic carbocycles. The molecule has 2 aromatic heterocycles. The molecule has 1 N–H and O–H groups in total. The van der Waals surface area contributed by atoms with Crippen LogP contribution in [0.1, 0.15) is 21.6 Å². The van der Waals surface area contributed by atoms with Crippen molar-refractivity contribution in [3.8, 4) is 17.2 Å². The Labute approximate surface area is 194 Å². The van der Waals surface area contributed by atoms with Gasteiger partial charge in [0.15, 0.2) is 11.5 Å². The average Bonchev–Trinajstić information content (AvgIpc) is 3.20. The second kappa shape index (κ2) is 9.65. The lowest BCUT2D eigenvalue weighted by Gasteiger charge is -2.13. The molecular formula is C24H21BrN4O3. The van der Waals surface area contributed by atoms with Crippen molar-refractivity contribution >= 4 is 27.5 Å². The van der Waals surface area contributed by atoms with E-state index in [1.165, 1.54) is 0 Å². The Morgan fingerprint density at radius 2 is 1.81 bits per heavy atom. The summed E-state index contributed by atoms with van der Waals surface area (Å²) in [5, 5.41) is 7.29. The highest BCUT2D eigenvalue weighted by Gasteiger charge is 2.16. The van der Waals surface area contributed by atoms with Gasteiger partial charge in [-0.3, -0.25) is 9.78 Å². The summed E-state index contributed by atoms with van der Waals surface area (Å²) < 4.78 is 14.0. The first-order valence-corrected chi connectivity index (χ1v) is 10.7. The topological polar surface area (TPSA) is 78.3 Å². The number of aromatic nitrogens is 3. The number of ether oxygens (including phenoxy) is 2. The van der Waals surface area contributed by atoms with Crippen molar-refractivity contribution in [2.75, 3.05) is 12.4 Å². The molecule has 4 aromatic rings. The predicted molar refractivity (Wildman–Crippen MR) is 126 cm³/mol. The van der Waals surface area contributed by atoms with Gasteiger partial charge in [-0.1, -0.05) is 15.9 Å². The molecule has 2 aromatic carbocycles. The lowest BCUT2D eigenvalue weighted by atomic mass is 10.2. The molecule has 0 fully saturated rings. The molecule has 1 amide bonds. The molecule has 7 nitrogen and oxygen atoms in total. The van der Waals surface area contributed by atoms with Gasteiger partial charge in [0.2, 0.25) is 0 Å². The third-order valence-electron chi connectivity index (χ3n) is 4.89. The number of methoxy groups -OCH3 is 1. The van der Waals surface area contributed by atoms with E-state index in [1.807, 2.05) is 43.3 Å². The summed E-state index contributed by atoms with van der Waals surface area (Å²) >= 11 is 3.43. The van der Waals surface area contributed by atoms with Gasteiger partial charge in [-0.2, -0.15) is 5.10 Å². The van der Waals surface area contributed by atoms with Gasteiger partial charge in [0, 0.05) is 28.6 Å². The van der Waals surface area contributed by atoms with E-state index in [9.17, 15) is 4.79 Å². The summed E-state index contributed by atoms with van der Waals surface area (Å²) in [5.74, 6) is 0.858. The smallest absolute Gasteiger partial charge is 0.259 e. The minimum atomic E-state index is -0.254. The van der Waals surface area contributed by atoms with E-state index in [2.05, 4.69) is 31.3 Å². The Bertz CT molecular complexity index is 1220. The zero-order valence-electron chi connectivity index (χ0n) is 17.6. The molecule has 4 rings (SSSR count). The number of benzene rings is 2. The van der Waals surface area contributed by atoms with Crippen LogP contribution in [0.15, 0.2) is 77.7 Å². The normalized spacial score (nSPS) is 10.6. The van der Waals surface area contributed by atoms with Crippen LogP contribution in [0.3, 0.4) is 0 Å². The predicted octanol–water partition coefficient (Wildman–Crippen LogP) is 5.18. The quantitative estimate of drug-likeness (QED) is 0.384. The standard InChI is InChI=1S/C24H21BrN4O3/c1-16-21(14-27-29(16)20-6-3-18(25)4-7-20)24(30)28-19-5-8-22(31-2)23(13-19)32-15-17-9-11-26-12-10-17/h3-14H,15H2,1-2H3,(H,28,30). The first kappa shape index (κ1) is 21.6. The first-order chi connectivity index (χ1) is 15.5. The van der Waals surface area contributed by atoms with Gasteiger partial charge in [-0.25, -0.2) is 4.68 Å². The summed E-state index contributed by atoms with van der Waals surface area (Å²) in [6.45, 7) is 2.22. The van der Waals surface area contributed by atoms with Crippen LogP contribution in [0.25, 0.3) is 5.69 Å². The number of anilines is 1. The third kappa shape index (κ3) is 4.81. The second-order valence-electron chi connectivity index (χ2n) is 7.00. The summed E-state index contributed by atoms with van der Waals surface area (Å²) in [5.41, 5.74) is 3.68. The maximum absolute atomic E-state index is 12.9. The van der Waals surface area contributed by atoms with E-state index in [-0.39, 0.29) is 5.91 Å². The fourth-order valence-electron chi connectivity index (χ4n) is 3.18. The molecule has 0 atom stereocenters. The maximum atomic E-state index is 12.9. The van der Waals surface area contributed by atoms with E-state index >= 15 is 0 Å². The van der Waals surface area contributed by atoms with E-state index in [0.717, 1.165) is 21.4 Å². The average molecular weight is 493 g/mol. The molecule has 0 unspecified atom stereocenters. The maximum Gasteiger partial charge on any atom is 0.259 e. The lowest BCUT2D eigenvalue weighted by molar-refractivity contribution is 0.102. The number of nitrogens with zero attached hydrogens (tertiary/aromatic N) is 3. The van der Waals surface area contributed by atoms with E-state index in [0.29, 0.717) is 29.4 Å². The van der Waals surface area contributed by atoms with Crippen LogP contribution in [0, 0.1) is 6.92 Å². The van der Waals surface area contributed by atoms with Crippen LogP contribution >= 0.6 is 15.9 Å². The third-order valence-corrected chi connectivity index (χ3v) is 5.42. The number of hydrogen-bond donors (Lipinski definition) is 1. The summed E-state index contributed by atoms with van der Waals surface area (Å²) in [6.07, 6.45) is 4.99. The van der Waals surface area contributed by atoms with Gasteiger partial charge in [-0.15, -0.1) is 0 Å². The second-order valence-corrected chi connectivity index (χ2v) is 7.91. The van der Waals surface area contributed by atoms with Gasteiger partial charge in [0.25, 0.3) is 5.91 Å². The van der Waals surface area contributed by atoms with E-state index < -0.39 is 0 Å². The van der Waals surface area contributed by atoms with Crippen LogP contribution < -0.4 is 14.8 Å². The Morgan fingerprint density at radius 1 is 1.06 bits per heavy atom. The highest BCUT2D eigenvalue weighted by atomic mass is 79.9. The van der Waals surface area contributed by atoms with Gasteiger partial charge < -0.3 is 14.8 Å². The molecular weight excluding hydrogens is 472 g/mol. The van der Waals surface area contributed by atoms with Crippen molar-refractivity contribution in [3.05, 3.63) is 94.5 Å². The van der Waals surface area contributed by atoms with E-state index in [4.69, 9.17) is 9.47 Å². The highest BCUT2D eigenvalue weighted by molar-refractivity contribution is 9.10. The van der Waals surface area contributed by atoms with Gasteiger partial charge >= 0.3 is 0 Å². The number of carbonyl (C=O) groups excluding carboxylic acids is 1. The SMILES string of the molecule is COc1ccc(NC(=O)c2cnn(-c3ccc(Br)cc3)c2C)cc1OCc1ccncc1. The molecule has 0 spiro atoms. The van der Waals surface area contributed by atoms with Gasteiger partial charge in [-0.05, 0) is 61.0 Å². The summed E-state index contributed by atoms with van der Waals surface area (Å²) in [4.78, 5) is 16.9. The largest absolute Gasteiger partial charge is 0.493 e. The van der Waals surface area contributed by atoms with Gasteiger partial charge in [0.1, 0.15) is 6.61 Å². The molecule has 0 radical (unpaired) electrons. The van der Waals surface area contributed by atoms with Crippen LogP contribution in [-0.2, 0) is 6.61 Å². The Morgan fingerprint density at radius 3 is 2.53 bits per heavy atom. The highest BCUT2D eigenvalue weighted by Crippen LogP contribution is 2.31. The molecule has 2 heterocycles. The number of nitrogens with one attached hydrogen (secondary N) is 1. The zero-order valence-corrected chi connectivity index (χ0v) is 19.2. The van der Waals surface area contributed by atoms with Gasteiger partial charge in [0.05, 0.1) is 30.3 Å². The van der Waals surface area contributed by atoms with Crippen molar-refractivity contribution in [2.24, 2.45) is 0 Å². The fourth-order valence-corrected chi connectivity index (χ4v) is 3.45. The molecule has 0 bridgehead atoms. The fraction of sp³-hybridized carbons (Fsp3) is 0.125. The molecule has 0 saturated heterocycles. The van der Waals surface area contributed by atoms with Crippen molar-refractivity contribution < 1.29 is 14.3 Å². The molecule has 0 aliphatic heterocycles. The van der Waals surface area contributed by atoms with Crippen LogP contribution in [0.2, 0.25) is 0 Å². The lowest BCUT2D eigenvalue weighted by Crippen LogP contribution is -2.13. The molecule has 8 heteroatoms. The minimum absolute atomic E-state index is 0.254. The number of hydrogen-bond acceptors (Lipinski definition) is 5. The molecule has 0 saturated carbocycles. The molecule has 0 aliphatic rings. The van der Waals surface area contributed by atoms with Crippen molar-refractivity contribution in [3.63, 3.8) is 0 Å². The number of rotatable bonds is 7. The molecule has 162 valence electrons. The monoisotopic (exact) mass is 492 g/mol. The summed E-state index contributed by atoms with van der Waals surface area (Å²) in [7, 11) is 1.58. The number of carbonyl (C=O) groups is 1. The Hall–Kier alpha value is -3.65. The number of pyridine rings is 1. The van der Waals surface area contributed by atoms with Crippen LogP contribution in [-0.4, -0.2) is 27.8 Å². The van der Waals surface area contributed by atoms with Crippen molar-refractivity contribution in [1.29, 1.82) is 0 Å². The van der Waals surface area contributed by atoms with Crippen LogP contribution in [0.4, 0.5) is 5.69 Å². The Balaban J connectivity index is 1.51. The first-order valence-electron chi connectivity index (χ1n) is 9.87. The Kier molecular flexibility index (Phi) is 6.51. The number of halogens is 1. The van der Waals surface area contributed by atoms with E-state index in [1.54, 1.807) is 48.6 Å². The molecule has 32 heavy (non-hydrogen) atoms. The summed E-state index contributed by atoms with van der Waals surface area (Å²) in [6, 6.07) is 16.8. The van der Waals surface area contributed by atoms with Crippen LogP contribution in [0.5, 0.6) is 11.5 Å². The minimum Gasteiger partial charge on any atom is -0.493 e. The number of amides is 1. The van der Waals surface area contributed by atoms with Crippen molar-refractivity contribution in [2.45, 2.75) is 13.5 Å². The van der Waals surface area contributed by atoms with Crippen molar-refractivity contribution in [1.82, 2.24) is 14.8 Å². The zero-order chi connectivity index (χ0) is 22.5.